The molecule has 4 rings (SSSR count). The summed E-state index contributed by atoms with van der Waals surface area (Å²) >= 11 is 0. The van der Waals surface area contributed by atoms with Crippen LogP contribution in [0.15, 0.2) is 47.5 Å². The lowest BCUT2D eigenvalue weighted by molar-refractivity contribution is -0.117. The van der Waals surface area contributed by atoms with Crippen LogP contribution in [0.25, 0.3) is 21.9 Å². The summed E-state index contributed by atoms with van der Waals surface area (Å²) in [7, 11) is 0. The van der Waals surface area contributed by atoms with E-state index in [0.717, 1.165) is 34.7 Å². The van der Waals surface area contributed by atoms with Crippen molar-refractivity contribution in [1.29, 1.82) is 0 Å². The quantitative estimate of drug-likeness (QED) is 0.778. The molecule has 5 heteroatoms. The van der Waals surface area contributed by atoms with Crippen LogP contribution in [-0.4, -0.2) is 15.9 Å². The normalized spacial score (nSPS) is 13.9. The molecule has 24 heavy (non-hydrogen) atoms. The van der Waals surface area contributed by atoms with Crippen LogP contribution in [0.5, 0.6) is 0 Å². The third kappa shape index (κ3) is 2.69. The number of aromatic amines is 1. The first kappa shape index (κ1) is 14.6. The minimum Gasteiger partial charge on any atom is -0.329 e. The lowest BCUT2D eigenvalue weighted by Gasteiger charge is -2.08. The lowest BCUT2D eigenvalue weighted by atomic mass is 10.00. The molecule has 0 saturated heterocycles. The van der Waals surface area contributed by atoms with Crippen molar-refractivity contribution in [2.75, 3.05) is 5.32 Å². The highest BCUT2D eigenvalue weighted by Gasteiger charge is 2.29. The Labute approximate surface area is 138 Å². The monoisotopic (exact) mass is 319 g/mol. The Hall–Kier alpha value is -2.95. The van der Waals surface area contributed by atoms with Gasteiger partial charge in [0.1, 0.15) is 5.82 Å². The number of fused-ring (bicyclic) bond motifs is 1. The van der Waals surface area contributed by atoms with E-state index >= 15 is 0 Å². The van der Waals surface area contributed by atoms with Gasteiger partial charge in [0.2, 0.25) is 5.91 Å². The van der Waals surface area contributed by atoms with Gasteiger partial charge < -0.3 is 10.3 Å². The molecular weight excluding hydrogens is 302 g/mol. The van der Waals surface area contributed by atoms with E-state index in [0.29, 0.717) is 11.4 Å². The first-order valence-corrected chi connectivity index (χ1v) is 8.01. The van der Waals surface area contributed by atoms with Crippen molar-refractivity contribution < 1.29 is 4.79 Å². The Bertz CT molecular complexity index is 1000. The van der Waals surface area contributed by atoms with Crippen LogP contribution >= 0.6 is 0 Å². The Morgan fingerprint density at radius 3 is 2.79 bits per heavy atom. The maximum absolute atomic E-state index is 12.1. The van der Waals surface area contributed by atoms with Crippen LogP contribution in [0.4, 0.5) is 5.82 Å². The van der Waals surface area contributed by atoms with Crippen LogP contribution in [0, 0.1) is 12.8 Å². The Morgan fingerprint density at radius 1 is 1.21 bits per heavy atom. The zero-order valence-corrected chi connectivity index (χ0v) is 13.3. The number of amides is 1. The lowest BCUT2D eigenvalue weighted by Crippen LogP contribution is -2.14. The van der Waals surface area contributed by atoms with Crippen molar-refractivity contribution in [2.24, 2.45) is 5.92 Å². The van der Waals surface area contributed by atoms with E-state index in [1.165, 1.54) is 0 Å². The molecule has 1 aromatic carbocycles. The molecule has 0 spiro atoms. The van der Waals surface area contributed by atoms with E-state index < -0.39 is 0 Å². The van der Waals surface area contributed by atoms with Crippen LogP contribution < -0.4 is 10.9 Å². The second-order valence-corrected chi connectivity index (χ2v) is 6.26. The van der Waals surface area contributed by atoms with Crippen LogP contribution in [0.1, 0.15) is 18.4 Å². The van der Waals surface area contributed by atoms with Crippen molar-refractivity contribution in [3.63, 3.8) is 0 Å². The van der Waals surface area contributed by atoms with Crippen molar-refractivity contribution in [2.45, 2.75) is 19.8 Å². The van der Waals surface area contributed by atoms with Gasteiger partial charge in [-0.1, -0.05) is 12.1 Å². The maximum atomic E-state index is 12.1. The average molecular weight is 319 g/mol. The maximum Gasteiger partial charge on any atom is 0.256 e. The summed E-state index contributed by atoms with van der Waals surface area (Å²) in [4.78, 5) is 31.0. The molecule has 5 nitrogen and oxygen atoms in total. The highest BCUT2D eigenvalue weighted by atomic mass is 16.2. The molecule has 1 fully saturated rings. The Kier molecular flexibility index (Phi) is 3.41. The van der Waals surface area contributed by atoms with E-state index in [2.05, 4.69) is 15.3 Å². The number of hydrogen-bond donors (Lipinski definition) is 2. The smallest absolute Gasteiger partial charge is 0.256 e. The molecular formula is C19H17N3O2. The van der Waals surface area contributed by atoms with Crippen molar-refractivity contribution >= 4 is 22.5 Å². The zero-order valence-electron chi connectivity index (χ0n) is 13.3. The topological polar surface area (TPSA) is 74.8 Å². The molecule has 0 atom stereocenters. The molecule has 0 radical (unpaired) electrons. The molecule has 2 aromatic heterocycles. The standard InChI is InChI=1S/C19H17N3O2/c1-11-6-7-20-19(24)17(11)14-5-4-13-9-16(21-10-15(13)8-14)22-18(23)12-2-3-12/h4-10,12H,2-3H2,1H3,(H,20,24)(H,21,22,23). The summed E-state index contributed by atoms with van der Waals surface area (Å²) in [6.07, 6.45) is 5.31. The first-order chi connectivity index (χ1) is 11.6. The van der Waals surface area contributed by atoms with E-state index in [1.54, 1.807) is 12.4 Å². The van der Waals surface area contributed by atoms with Crippen LogP contribution in [0.3, 0.4) is 0 Å². The van der Waals surface area contributed by atoms with Gasteiger partial charge in [-0.05, 0) is 54.5 Å². The number of hydrogen-bond acceptors (Lipinski definition) is 3. The van der Waals surface area contributed by atoms with Gasteiger partial charge in [-0.2, -0.15) is 0 Å². The fourth-order valence-corrected chi connectivity index (χ4v) is 2.88. The molecule has 3 aromatic rings. The van der Waals surface area contributed by atoms with Crippen molar-refractivity contribution in [3.8, 4) is 11.1 Å². The number of benzene rings is 1. The van der Waals surface area contributed by atoms with Gasteiger partial charge in [0.05, 0.1) is 0 Å². The van der Waals surface area contributed by atoms with Gasteiger partial charge in [-0.15, -0.1) is 0 Å². The predicted octanol–water partition coefficient (Wildman–Crippen LogP) is 3.25. The van der Waals surface area contributed by atoms with Gasteiger partial charge in [-0.3, -0.25) is 9.59 Å². The van der Waals surface area contributed by atoms with Gasteiger partial charge >= 0.3 is 0 Å². The first-order valence-electron chi connectivity index (χ1n) is 8.01. The molecule has 1 amide bonds. The van der Waals surface area contributed by atoms with E-state index in [4.69, 9.17) is 0 Å². The Balaban J connectivity index is 1.71. The summed E-state index contributed by atoms with van der Waals surface area (Å²) in [6, 6.07) is 9.57. The highest BCUT2D eigenvalue weighted by Crippen LogP contribution is 2.30. The molecule has 1 aliphatic rings. The number of rotatable bonds is 3. The van der Waals surface area contributed by atoms with E-state index in [-0.39, 0.29) is 17.4 Å². The number of H-pyrrole nitrogens is 1. The molecule has 120 valence electrons. The fourth-order valence-electron chi connectivity index (χ4n) is 2.88. The summed E-state index contributed by atoms with van der Waals surface area (Å²) in [5.41, 5.74) is 2.36. The SMILES string of the molecule is Cc1cc[nH]c(=O)c1-c1ccc2cc(NC(=O)C3CC3)ncc2c1. The number of carbonyl (C=O) groups excluding carboxylic acids is 1. The molecule has 2 N–H and O–H groups in total. The predicted molar refractivity (Wildman–Crippen MR) is 93.9 cm³/mol. The number of aryl methyl sites for hydroxylation is 1. The summed E-state index contributed by atoms with van der Waals surface area (Å²) in [5, 5.41) is 4.76. The minimum absolute atomic E-state index is 0.0462. The van der Waals surface area contributed by atoms with Crippen molar-refractivity contribution in [3.05, 3.63) is 58.6 Å². The zero-order chi connectivity index (χ0) is 16.7. The Morgan fingerprint density at radius 2 is 2.04 bits per heavy atom. The second kappa shape index (κ2) is 5.60. The second-order valence-electron chi connectivity index (χ2n) is 6.26. The molecule has 0 unspecified atom stereocenters. The minimum atomic E-state index is -0.101. The average Bonchev–Trinajstić information content (AvgIpc) is 3.39. The fraction of sp³-hybridized carbons (Fsp3) is 0.211. The number of carbonyl (C=O) groups is 1. The molecule has 2 heterocycles. The third-order valence-electron chi connectivity index (χ3n) is 4.38. The molecule has 0 bridgehead atoms. The third-order valence-corrected chi connectivity index (χ3v) is 4.38. The number of nitrogens with zero attached hydrogens (tertiary/aromatic N) is 1. The molecule has 1 aliphatic carbocycles. The van der Waals surface area contributed by atoms with E-state index in [1.807, 2.05) is 37.3 Å². The van der Waals surface area contributed by atoms with Crippen molar-refractivity contribution in [1.82, 2.24) is 9.97 Å². The summed E-state index contributed by atoms with van der Waals surface area (Å²) in [5.74, 6) is 0.767. The highest BCUT2D eigenvalue weighted by molar-refractivity contribution is 5.96. The molecule has 1 saturated carbocycles. The number of anilines is 1. The van der Waals surface area contributed by atoms with Gasteiger partial charge in [0.15, 0.2) is 0 Å². The summed E-state index contributed by atoms with van der Waals surface area (Å²) < 4.78 is 0. The summed E-state index contributed by atoms with van der Waals surface area (Å²) in [6.45, 7) is 1.92. The van der Waals surface area contributed by atoms with Gasteiger partial charge in [0.25, 0.3) is 5.56 Å². The van der Waals surface area contributed by atoms with Crippen LogP contribution in [-0.2, 0) is 4.79 Å². The molecule has 0 aliphatic heterocycles. The van der Waals surface area contributed by atoms with Crippen LogP contribution in [0.2, 0.25) is 0 Å². The largest absolute Gasteiger partial charge is 0.329 e. The van der Waals surface area contributed by atoms with Gasteiger partial charge in [0, 0.05) is 29.3 Å². The van der Waals surface area contributed by atoms with E-state index in [9.17, 15) is 9.59 Å². The number of aromatic nitrogens is 2. The van der Waals surface area contributed by atoms with Gasteiger partial charge in [-0.25, -0.2) is 4.98 Å². The number of nitrogens with one attached hydrogen (secondary N) is 2. The number of pyridine rings is 2.